The van der Waals surface area contributed by atoms with Crippen molar-refractivity contribution in [1.82, 2.24) is 53.2 Å². The Hall–Kier alpha value is -13.2. The van der Waals surface area contributed by atoms with Crippen LogP contribution in [0.25, 0.3) is 0 Å². The second kappa shape index (κ2) is 45.6. The van der Waals surface area contributed by atoms with E-state index in [1.54, 1.807) is 182 Å². The van der Waals surface area contributed by atoms with E-state index in [2.05, 4.69) is 53.2 Å². The van der Waals surface area contributed by atoms with Gasteiger partial charge in [-0.3, -0.25) is 71.9 Å². The van der Waals surface area contributed by atoms with Crippen molar-refractivity contribution in [3.05, 3.63) is 215 Å². The third-order valence-electron chi connectivity index (χ3n) is 17.6. The number of nitrogens with two attached hydrogens (primary N) is 1. The van der Waals surface area contributed by atoms with Crippen LogP contribution in [-0.2, 0) is 115 Å². The molecule has 6 aromatic rings. The summed E-state index contributed by atoms with van der Waals surface area (Å²) in [7, 11) is 0. The number of hydrogen-bond donors (Lipinski definition) is 17. The van der Waals surface area contributed by atoms with Crippen molar-refractivity contribution in [2.45, 2.75) is 169 Å². The molecule has 0 spiro atoms. The summed E-state index contributed by atoms with van der Waals surface area (Å²) >= 11 is 0. The normalized spacial score (nSPS) is 13.8. The van der Waals surface area contributed by atoms with E-state index in [0.29, 0.717) is 33.4 Å². The highest BCUT2D eigenvalue weighted by molar-refractivity contribution is 6.00. The molecule has 33 heteroatoms. The van der Waals surface area contributed by atoms with Gasteiger partial charge in [0.15, 0.2) is 0 Å². The van der Waals surface area contributed by atoms with Crippen LogP contribution in [0.3, 0.4) is 0 Å². The minimum absolute atomic E-state index is 0.0238. The number of rotatable bonds is 48. The van der Waals surface area contributed by atoms with Gasteiger partial charge in [0.05, 0.1) is 6.04 Å². The van der Waals surface area contributed by atoms with Crippen LogP contribution >= 0.6 is 0 Å². The highest BCUT2D eigenvalue weighted by Crippen LogP contribution is 2.16. The number of benzene rings is 6. The first-order valence-electron chi connectivity index (χ1n) is 35.8. The van der Waals surface area contributed by atoms with Gasteiger partial charge in [-0.15, -0.1) is 0 Å². The number of hydrogen-bond acceptors (Lipinski definition) is 17. The standard InChI is InChI=1S/C79H91N11O22/c80-53(41-47-19-7-1-8-20-47)69(101)81-54(31-36-64(91)92)70(102)86-59(42-48-21-9-2-10-22-48)75(107)82-55(32-37-65(93)94)71(103)87-60(43-49-23-11-3-12-24-49)76(108)83-56(33-38-66(95)96)72(104)88-61(44-50-25-13-4-14-26-50)77(109)84-57(34-39-67(97)98)73(105)89-62(45-51-27-15-5-16-28-51)78(110)85-58(35-40-68(99)100)74(106)90-63(79(111)112)46-52-29-17-6-18-30-52/h1-30,53-63H,31-46,80H2,(H,81,101)(H,82,107)(H,83,108)(H,84,109)(H,85,110)(H,86,102)(H,87,103)(H,88,104)(H,89,105)(H,90,106)(H,91,92)(H,93,94)(H,95,96)(H,97,98)(H,99,100)(H,111,112)/t53-,54-,55-,56-,57-,58-,59-,60-,61-,62-,63-/m0/s1. The molecular weight excluding hydrogens is 1450 g/mol. The first-order valence-corrected chi connectivity index (χ1v) is 35.8. The number of amides is 10. The van der Waals surface area contributed by atoms with E-state index in [1.165, 1.54) is 0 Å². The van der Waals surface area contributed by atoms with Crippen molar-refractivity contribution in [1.29, 1.82) is 0 Å². The van der Waals surface area contributed by atoms with Gasteiger partial charge in [0.1, 0.15) is 60.4 Å². The Bertz CT molecular complexity index is 4210. The van der Waals surface area contributed by atoms with Crippen LogP contribution in [-0.4, -0.2) is 192 Å². The van der Waals surface area contributed by atoms with E-state index >= 15 is 0 Å². The summed E-state index contributed by atoms with van der Waals surface area (Å²) in [5, 5.41) is 83.8. The zero-order valence-corrected chi connectivity index (χ0v) is 60.8. The van der Waals surface area contributed by atoms with Crippen molar-refractivity contribution in [2.75, 3.05) is 0 Å². The van der Waals surface area contributed by atoms with Gasteiger partial charge in [0.25, 0.3) is 0 Å². The molecule has 0 saturated carbocycles. The molecule has 6 rings (SSSR count). The molecule has 0 aliphatic heterocycles. The molecule has 11 atom stereocenters. The third-order valence-corrected chi connectivity index (χ3v) is 17.6. The van der Waals surface area contributed by atoms with Gasteiger partial charge in [0, 0.05) is 64.2 Å². The lowest BCUT2D eigenvalue weighted by molar-refractivity contribution is -0.143. The first kappa shape index (κ1) is 87.7. The van der Waals surface area contributed by atoms with Gasteiger partial charge in [-0.2, -0.15) is 0 Å². The van der Waals surface area contributed by atoms with E-state index in [1.807, 2.05) is 0 Å². The molecule has 0 fully saturated rings. The number of carbonyl (C=O) groups is 16. The van der Waals surface area contributed by atoms with Crippen LogP contribution in [0.1, 0.15) is 97.6 Å². The van der Waals surface area contributed by atoms with Gasteiger partial charge in [0.2, 0.25) is 59.1 Å². The summed E-state index contributed by atoms with van der Waals surface area (Å²) in [6.07, 6.45) is -8.48. The lowest BCUT2D eigenvalue weighted by Gasteiger charge is -2.28. The van der Waals surface area contributed by atoms with E-state index in [4.69, 9.17) is 5.73 Å². The maximum Gasteiger partial charge on any atom is 0.326 e. The fraction of sp³-hybridized carbons (Fsp3) is 0.342. The van der Waals surface area contributed by atoms with Crippen LogP contribution in [0.2, 0.25) is 0 Å². The SMILES string of the molecule is N[C@@H](Cc1ccccc1)C(=O)N[C@@H](CCC(=O)O)C(=O)N[C@@H](Cc1ccccc1)C(=O)N[C@@H](CCC(=O)O)C(=O)N[C@@H](Cc1ccccc1)C(=O)N[C@@H](CCC(=O)O)C(=O)N[C@@H](Cc1ccccc1)C(=O)N[C@@H](CCC(=O)O)C(=O)N[C@@H](Cc1ccccc1)C(=O)N[C@@H](CCC(=O)O)C(=O)N[C@@H](Cc1ccccc1)C(=O)O. The second-order valence-corrected chi connectivity index (χ2v) is 26.4. The molecular formula is C79H91N11O22. The van der Waals surface area contributed by atoms with Gasteiger partial charge >= 0.3 is 35.8 Å². The van der Waals surface area contributed by atoms with Crippen molar-refractivity contribution in [2.24, 2.45) is 5.73 Å². The highest BCUT2D eigenvalue weighted by Gasteiger charge is 2.38. The van der Waals surface area contributed by atoms with Gasteiger partial charge in [-0.25, -0.2) is 4.79 Å². The Morgan fingerprint density at radius 3 is 0.554 bits per heavy atom. The Balaban J connectivity index is 1.28. The van der Waals surface area contributed by atoms with Crippen molar-refractivity contribution in [3.63, 3.8) is 0 Å². The topological polar surface area (TPSA) is 541 Å². The maximum absolute atomic E-state index is 14.9. The molecule has 0 aromatic heterocycles. The summed E-state index contributed by atoms with van der Waals surface area (Å²) in [6, 6.07) is 30.0. The lowest BCUT2D eigenvalue weighted by Crippen LogP contribution is -2.61. The molecule has 0 heterocycles. The maximum atomic E-state index is 14.9. The van der Waals surface area contributed by atoms with Crippen molar-refractivity contribution < 1.29 is 107 Å². The molecule has 0 aliphatic rings. The van der Waals surface area contributed by atoms with Gasteiger partial charge < -0.3 is 89.5 Å². The summed E-state index contributed by atoms with van der Waals surface area (Å²) in [5.41, 5.74) is 8.99. The number of aliphatic carboxylic acids is 6. The predicted octanol–water partition coefficient (Wildman–Crippen LogP) is 1.03. The first-order chi connectivity index (χ1) is 53.5. The van der Waals surface area contributed by atoms with E-state index in [0.717, 1.165) is 0 Å². The Labute approximate surface area is 643 Å². The second-order valence-electron chi connectivity index (χ2n) is 26.4. The molecule has 0 saturated heterocycles. The quantitative estimate of drug-likeness (QED) is 0.0254. The summed E-state index contributed by atoms with van der Waals surface area (Å²) in [6.45, 7) is 0. The van der Waals surface area contributed by atoms with Crippen LogP contribution in [0.15, 0.2) is 182 Å². The van der Waals surface area contributed by atoms with E-state index < -0.39 is 238 Å². The molecule has 594 valence electrons. The monoisotopic (exact) mass is 1550 g/mol. The van der Waals surface area contributed by atoms with Crippen LogP contribution in [0, 0.1) is 0 Å². The van der Waals surface area contributed by atoms with Crippen LogP contribution in [0.5, 0.6) is 0 Å². The molecule has 0 unspecified atom stereocenters. The number of nitrogens with one attached hydrogen (secondary N) is 10. The molecule has 112 heavy (non-hydrogen) atoms. The molecule has 6 aromatic carbocycles. The lowest BCUT2D eigenvalue weighted by atomic mass is 10.0. The predicted molar refractivity (Wildman–Crippen MR) is 400 cm³/mol. The zero-order chi connectivity index (χ0) is 81.7. The number of carboxylic acid groups (broad SMARTS) is 6. The molecule has 0 aliphatic carbocycles. The summed E-state index contributed by atoms with van der Waals surface area (Å²) in [5.74, 6) is -19.7. The minimum Gasteiger partial charge on any atom is -0.481 e. The van der Waals surface area contributed by atoms with Crippen LogP contribution < -0.4 is 58.9 Å². The van der Waals surface area contributed by atoms with Gasteiger partial charge in [-0.1, -0.05) is 182 Å². The molecule has 18 N–H and O–H groups in total. The molecule has 10 amide bonds. The number of carboxylic acids is 6. The highest BCUT2D eigenvalue weighted by atomic mass is 16.4. The van der Waals surface area contributed by atoms with Crippen molar-refractivity contribution >= 4 is 94.9 Å². The van der Waals surface area contributed by atoms with Gasteiger partial charge in [-0.05, 0) is 71.9 Å². The summed E-state index contributed by atoms with van der Waals surface area (Å²) < 4.78 is 0. The summed E-state index contributed by atoms with van der Waals surface area (Å²) in [4.78, 5) is 218. The molecule has 0 bridgehead atoms. The number of carbonyl (C=O) groups excluding carboxylic acids is 10. The fourth-order valence-electron chi connectivity index (χ4n) is 11.7. The average molecular weight is 1550 g/mol. The van der Waals surface area contributed by atoms with Crippen molar-refractivity contribution in [3.8, 4) is 0 Å². The van der Waals surface area contributed by atoms with Crippen LogP contribution in [0.4, 0.5) is 0 Å². The third kappa shape index (κ3) is 31.6. The Kier molecular flexibility index (Phi) is 35.7. The Morgan fingerprint density at radius 2 is 0.366 bits per heavy atom. The zero-order valence-electron chi connectivity index (χ0n) is 60.8. The largest absolute Gasteiger partial charge is 0.481 e. The van der Waals surface area contributed by atoms with E-state index in [9.17, 15) is 107 Å². The molecule has 33 nitrogen and oxygen atoms in total. The fourth-order valence-corrected chi connectivity index (χ4v) is 11.7. The average Bonchev–Trinajstić information content (AvgIpc) is 0.848. The van der Waals surface area contributed by atoms with E-state index in [-0.39, 0.29) is 25.7 Å². The Morgan fingerprint density at radius 1 is 0.214 bits per heavy atom. The molecule has 0 radical (unpaired) electrons. The smallest absolute Gasteiger partial charge is 0.326 e. The minimum atomic E-state index is -1.90.